The van der Waals surface area contributed by atoms with Gasteiger partial charge in [0.05, 0.1) is 18.2 Å². The Kier molecular flexibility index (Phi) is 3.07. The first-order chi connectivity index (χ1) is 11.7. The van der Waals surface area contributed by atoms with Crippen molar-refractivity contribution in [3.8, 4) is 6.07 Å². The molecule has 0 radical (unpaired) electrons. The van der Waals surface area contributed by atoms with E-state index in [9.17, 15) is 9.59 Å². The third-order valence-electron chi connectivity index (χ3n) is 4.00. The Hall–Kier alpha value is -3.59. The molecule has 0 aliphatic heterocycles. The van der Waals surface area contributed by atoms with Crippen LogP contribution in [-0.2, 0) is 6.54 Å². The van der Waals surface area contributed by atoms with E-state index in [1.807, 2.05) is 0 Å². The number of nitrogens with zero attached hydrogens (tertiary/aromatic N) is 4. The maximum Gasteiger partial charge on any atom is 0.216 e. The summed E-state index contributed by atoms with van der Waals surface area (Å²) in [4.78, 5) is 25.2. The zero-order chi connectivity index (χ0) is 16.7. The Morgan fingerprint density at radius 1 is 0.958 bits per heavy atom. The summed E-state index contributed by atoms with van der Waals surface area (Å²) in [6.07, 6.45) is 0. The van der Waals surface area contributed by atoms with Gasteiger partial charge in [-0.1, -0.05) is 41.6 Å². The highest BCUT2D eigenvalue weighted by molar-refractivity contribution is 6.26. The fraction of sp³-hybridized carbons (Fsp3) is 0.0556. The van der Waals surface area contributed by atoms with Crippen LogP contribution in [-0.4, -0.2) is 26.6 Å². The average molecular weight is 314 g/mol. The van der Waals surface area contributed by atoms with Crippen molar-refractivity contribution in [2.75, 3.05) is 0 Å². The van der Waals surface area contributed by atoms with Crippen LogP contribution in [0.4, 0.5) is 0 Å². The number of carbonyl (C=O) groups excluding carboxylic acids is 2. The molecule has 6 nitrogen and oxygen atoms in total. The lowest BCUT2D eigenvalue weighted by Crippen LogP contribution is -2.23. The van der Waals surface area contributed by atoms with Gasteiger partial charge in [-0.15, -0.1) is 5.10 Å². The van der Waals surface area contributed by atoms with Gasteiger partial charge in [-0.25, -0.2) is 4.68 Å². The third-order valence-corrected chi connectivity index (χ3v) is 4.00. The number of rotatable bonds is 2. The number of benzene rings is 2. The molecule has 0 spiro atoms. The maximum atomic E-state index is 12.7. The number of hydrogen-bond donors (Lipinski definition) is 0. The molecule has 114 valence electrons. The molecule has 0 amide bonds. The predicted octanol–water partition coefficient (Wildman–Crippen LogP) is 1.97. The van der Waals surface area contributed by atoms with Gasteiger partial charge >= 0.3 is 0 Å². The molecular weight excluding hydrogens is 304 g/mol. The molecule has 2 aromatic carbocycles. The van der Waals surface area contributed by atoms with Gasteiger partial charge in [-0.3, -0.25) is 9.59 Å². The lowest BCUT2D eigenvalue weighted by atomic mass is 9.90. The summed E-state index contributed by atoms with van der Waals surface area (Å²) >= 11 is 0. The molecule has 3 aromatic rings. The van der Waals surface area contributed by atoms with Crippen LogP contribution in [0.1, 0.15) is 43.2 Å². The van der Waals surface area contributed by atoms with Crippen LogP contribution in [0.5, 0.6) is 0 Å². The molecule has 6 heteroatoms. The second kappa shape index (κ2) is 5.25. The van der Waals surface area contributed by atoms with Crippen LogP contribution in [0, 0.1) is 11.3 Å². The molecule has 1 aliphatic rings. The predicted molar refractivity (Wildman–Crippen MR) is 83.6 cm³/mol. The average Bonchev–Trinajstić information content (AvgIpc) is 3.04. The van der Waals surface area contributed by atoms with Crippen molar-refractivity contribution in [3.05, 3.63) is 82.2 Å². The van der Waals surface area contributed by atoms with Gasteiger partial charge in [0.25, 0.3) is 0 Å². The van der Waals surface area contributed by atoms with Gasteiger partial charge in [-0.2, -0.15) is 5.26 Å². The molecule has 24 heavy (non-hydrogen) atoms. The molecule has 1 aromatic heterocycles. The summed E-state index contributed by atoms with van der Waals surface area (Å²) in [5.74, 6) is -0.537. The molecule has 0 bridgehead atoms. The van der Waals surface area contributed by atoms with Crippen LogP contribution in [0.15, 0.2) is 48.5 Å². The fourth-order valence-electron chi connectivity index (χ4n) is 2.79. The van der Waals surface area contributed by atoms with E-state index in [4.69, 9.17) is 5.26 Å². The summed E-state index contributed by atoms with van der Waals surface area (Å²) < 4.78 is 1.44. The van der Waals surface area contributed by atoms with Crippen molar-refractivity contribution in [1.29, 1.82) is 5.26 Å². The van der Waals surface area contributed by atoms with Gasteiger partial charge in [0.1, 0.15) is 5.69 Å². The van der Waals surface area contributed by atoms with Gasteiger partial charge in [0.2, 0.25) is 11.6 Å². The number of fused-ring (bicyclic) bond motifs is 2. The Morgan fingerprint density at radius 3 is 2.29 bits per heavy atom. The van der Waals surface area contributed by atoms with Crippen molar-refractivity contribution < 1.29 is 9.59 Å². The van der Waals surface area contributed by atoms with E-state index in [0.29, 0.717) is 23.2 Å². The normalized spacial score (nSPS) is 12.5. The van der Waals surface area contributed by atoms with Crippen LogP contribution in [0.3, 0.4) is 0 Å². The number of hydrogen-bond acceptors (Lipinski definition) is 5. The molecule has 0 unspecified atom stereocenters. The molecule has 1 aliphatic carbocycles. The van der Waals surface area contributed by atoms with Crippen LogP contribution >= 0.6 is 0 Å². The number of carbonyl (C=O) groups is 2. The largest absolute Gasteiger partial charge is 0.287 e. The topological polar surface area (TPSA) is 88.6 Å². The van der Waals surface area contributed by atoms with E-state index in [1.165, 1.54) is 4.68 Å². The van der Waals surface area contributed by atoms with E-state index in [-0.39, 0.29) is 23.0 Å². The Bertz CT molecular complexity index is 1030. The molecule has 1 heterocycles. The van der Waals surface area contributed by atoms with Crippen LogP contribution < -0.4 is 0 Å². The van der Waals surface area contributed by atoms with E-state index >= 15 is 0 Å². The molecule has 0 saturated heterocycles. The first kappa shape index (κ1) is 14.0. The highest BCUT2D eigenvalue weighted by Crippen LogP contribution is 2.26. The van der Waals surface area contributed by atoms with Gasteiger partial charge in [0.15, 0.2) is 5.69 Å². The van der Waals surface area contributed by atoms with Crippen LogP contribution in [0.2, 0.25) is 0 Å². The van der Waals surface area contributed by atoms with Crippen LogP contribution in [0.25, 0.3) is 0 Å². The van der Waals surface area contributed by atoms with Gasteiger partial charge in [0, 0.05) is 11.1 Å². The first-order valence-electron chi connectivity index (χ1n) is 7.30. The van der Waals surface area contributed by atoms with E-state index in [1.54, 1.807) is 48.5 Å². The second-order valence-electron chi connectivity index (χ2n) is 5.46. The second-order valence-corrected chi connectivity index (χ2v) is 5.46. The Balaban J connectivity index is 1.76. The summed E-state index contributed by atoms with van der Waals surface area (Å²) in [5.41, 5.74) is 2.45. The van der Waals surface area contributed by atoms with Gasteiger partial charge in [-0.05, 0) is 17.7 Å². The third kappa shape index (κ3) is 2.03. The maximum absolute atomic E-state index is 12.7. The summed E-state index contributed by atoms with van der Waals surface area (Å²) in [6, 6.07) is 15.7. The minimum atomic E-state index is -0.286. The highest BCUT2D eigenvalue weighted by atomic mass is 16.1. The smallest absolute Gasteiger partial charge is 0.216 e. The van der Waals surface area contributed by atoms with E-state index < -0.39 is 0 Å². The molecule has 0 atom stereocenters. The van der Waals surface area contributed by atoms with Crippen molar-refractivity contribution >= 4 is 11.6 Å². The molecular formula is C18H10N4O2. The van der Waals surface area contributed by atoms with Crippen molar-refractivity contribution in [3.63, 3.8) is 0 Å². The molecule has 0 fully saturated rings. The Labute approximate surface area is 137 Å². The van der Waals surface area contributed by atoms with Gasteiger partial charge < -0.3 is 0 Å². The number of nitriles is 1. The lowest BCUT2D eigenvalue weighted by Gasteiger charge is -2.14. The monoisotopic (exact) mass is 314 g/mol. The summed E-state index contributed by atoms with van der Waals surface area (Å²) in [5, 5.41) is 16.7. The van der Waals surface area contributed by atoms with E-state index in [0.717, 1.165) is 5.56 Å². The molecule has 0 saturated carbocycles. The zero-order valence-electron chi connectivity index (χ0n) is 12.4. The first-order valence-corrected chi connectivity index (χ1v) is 7.30. The molecule has 0 N–H and O–H groups in total. The fourth-order valence-corrected chi connectivity index (χ4v) is 2.79. The lowest BCUT2D eigenvalue weighted by molar-refractivity contribution is 0.0971. The highest BCUT2D eigenvalue weighted by Gasteiger charge is 2.34. The molecule has 4 rings (SSSR count). The summed E-state index contributed by atoms with van der Waals surface area (Å²) in [7, 11) is 0. The SMILES string of the molecule is N#Cc1ccc(Cn2nnc3c2C(=O)c2ccccc2C3=O)cc1. The minimum Gasteiger partial charge on any atom is -0.287 e. The number of aromatic nitrogens is 3. The van der Waals surface area contributed by atoms with Crippen molar-refractivity contribution in [2.45, 2.75) is 6.54 Å². The zero-order valence-corrected chi connectivity index (χ0v) is 12.4. The summed E-state index contributed by atoms with van der Waals surface area (Å²) in [6.45, 7) is 0.301. The van der Waals surface area contributed by atoms with Crippen molar-refractivity contribution in [1.82, 2.24) is 15.0 Å². The quantitative estimate of drug-likeness (QED) is 0.564. The van der Waals surface area contributed by atoms with Crippen molar-refractivity contribution in [2.24, 2.45) is 0 Å². The standard InChI is InChI=1S/C18H10N4O2/c19-9-11-5-7-12(8-6-11)10-22-16-15(20-21-22)17(23)13-3-1-2-4-14(13)18(16)24/h1-8H,10H2. The minimum absolute atomic E-state index is 0.0901. The Morgan fingerprint density at radius 2 is 1.62 bits per heavy atom. The van der Waals surface area contributed by atoms with E-state index in [2.05, 4.69) is 16.4 Å². The number of ketones is 2.